The van der Waals surface area contributed by atoms with E-state index in [4.69, 9.17) is 0 Å². The summed E-state index contributed by atoms with van der Waals surface area (Å²) >= 11 is 3.27. The molecule has 1 N–H and O–H groups in total. The van der Waals surface area contributed by atoms with Crippen molar-refractivity contribution in [1.82, 2.24) is 9.36 Å². The number of hydrogen-bond donors (Lipinski definition) is 1. The molecule has 0 aliphatic rings. The monoisotopic (exact) mass is 203 g/mol. The minimum atomic E-state index is 0.917. The molecular weight excluding hydrogens is 190 g/mol. The summed E-state index contributed by atoms with van der Waals surface area (Å²) in [5, 5.41) is 4.17. The first kappa shape index (κ1) is 9.80. The van der Waals surface area contributed by atoms with Gasteiger partial charge in [-0.05, 0) is 6.26 Å². The number of nitrogens with zero attached hydrogens (tertiary/aromatic N) is 2. The second-order valence-corrected chi connectivity index (χ2v) is 4.03. The lowest BCUT2D eigenvalue weighted by atomic mass is 10.5. The molecule has 0 saturated carbocycles. The number of anilines is 1. The smallest absolute Gasteiger partial charge is 0.202 e. The van der Waals surface area contributed by atoms with Crippen LogP contribution in [-0.2, 0) is 6.42 Å². The third kappa shape index (κ3) is 2.98. The van der Waals surface area contributed by atoms with Crippen LogP contribution in [0.15, 0.2) is 0 Å². The van der Waals surface area contributed by atoms with E-state index in [0.717, 1.165) is 29.7 Å². The Hall–Kier alpha value is -0.290. The van der Waals surface area contributed by atoms with Crippen molar-refractivity contribution in [2.45, 2.75) is 13.3 Å². The summed E-state index contributed by atoms with van der Waals surface area (Å²) in [5.41, 5.74) is 0. The number of aryl methyl sites for hydroxylation is 1. The minimum absolute atomic E-state index is 0.917. The van der Waals surface area contributed by atoms with E-state index in [1.807, 2.05) is 11.8 Å². The molecule has 1 heterocycles. The quantitative estimate of drug-likeness (QED) is 0.741. The fourth-order valence-corrected chi connectivity index (χ4v) is 1.71. The molecule has 0 amide bonds. The zero-order chi connectivity index (χ0) is 8.81. The third-order valence-electron chi connectivity index (χ3n) is 1.37. The maximum absolute atomic E-state index is 4.29. The van der Waals surface area contributed by atoms with E-state index >= 15 is 0 Å². The maximum Gasteiger partial charge on any atom is 0.202 e. The zero-order valence-corrected chi connectivity index (χ0v) is 8.97. The summed E-state index contributed by atoms with van der Waals surface area (Å²) in [6.45, 7) is 3.03. The molecule has 0 atom stereocenters. The summed E-state index contributed by atoms with van der Waals surface area (Å²) in [6.07, 6.45) is 3.01. The van der Waals surface area contributed by atoms with E-state index in [0.29, 0.717) is 0 Å². The van der Waals surface area contributed by atoms with Gasteiger partial charge < -0.3 is 5.32 Å². The largest absolute Gasteiger partial charge is 0.359 e. The van der Waals surface area contributed by atoms with Gasteiger partial charge in [0.2, 0.25) is 5.13 Å². The van der Waals surface area contributed by atoms with Crippen LogP contribution < -0.4 is 5.32 Å². The second kappa shape index (κ2) is 5.37. The van der Waals surface area contributed by atoms with Gasteiger partial charge in [0, 0.05) is 30.3 Å². The van der Waals surface area contributed by atoms with E-state index in [9.17, 15) is 0 Å². The van der Waals surface area contributed by atoms with Crippen molar-refractivity contribution < 1.29 is 0 Å². The van der Waals surface area contributed by atoms with Crippen LogP contribution >= 0.6 is 23.3 Å². The second-order valence-electron chi connectivity index (χ2n) is 2.29. The lowest BCUT2D eigenvalue weighted by Gasteiger charge is -1.97. The molecule has 1 rings (SSSR count). The summed E-state index contributed by atoms with van der Waals surface area (Å²) in [5.74, 6) is 2.05. The van der Waals surface area contributed by atoms with Crippen LogP contribution in [0, 0.1) is 0 Å². The Kier molecular flexibility index (Phi) is 4.39. The molecule has 0 saturated heterocycles. The van der Waals surface area contributed by atoms with Gasteiger partial charge in [-0.25, -0.2) is 4.98 Å². The Morgan fingerprint density at radius 2 is 2.42 bits per heavy atom. The van der Waals surface area contributed by atoms with Crippen LogP contribution in [0.4, 0.5) is 5.13 Å². The van der Waals surface area contributed by atoms with Crippen LogP contribution in [0.5, 0.6) is 0 Å². The summed E-state index contributed by atoms with van der Waals surface area (Å²) < 4.78 is 4.17. The molecule has 0 bridgehead atoms. The van der Waals surface area contributed by atoms with Crippen molar-refractivity contribution in [2.75, 3.05) is 23.9 Å². The van der Waals surface area contributed by atoms with E-state index < -0.39 is 0 Å². The van der Waals surface area contributed by atoms with E-state index in [-0.39, 0.29) is 0 Å². The van der Waals surface area contributed by atoms with E-state index in [2.05, 4.69) is 27.9 Å². The summed E-state index contributed by atoms with van der Waals surface area (Å²) in [7, 11) is 0. The van der Waals surface area contributed by atoms with Crippen molar-refractivity contribution in [2.24, 2.45) is 0 Å². The normalized spacial score (nSPS) is 10.2. The first-order valence-corrected chi connectivity index (χ1v) is 6.09. The molecule has 0 spiro atoms. The molecule has 3 nitrogen and oxygen atoms in total. The molecule has 0 unspecified atom stereocenters. The highest BCUT2D eigenvalue weighted by Gasteiger charge is 1.99. The Morgan fingerprint density at radius 1 is 1.58 bits per heavy atom. The van der Waals surface area contributed by atoms with Gasteiger partial charge in [0.1, 0.15) is 5.82 Å². The lowest BCUT2D eigenvalue weighted by Crippen LogP contribution is -2.03. The predicted molar refractivity (Wildman–Crippen MR) is 56.2 cm³/mol. The molecule has 68 valence electrons. The molecule has 0 aromatic carbocycles. The van der Waals surface area contributed by atoms with Gasteiger partial charge in [0.05, 0.1) is 0 Å². The predicted octanol–water partition coefficient (Wildman–Crippen LogP) is 1.88. The highest BCUT2D eigenvalue weighted by Crippen LogP contribution is 2.10. The van der Waals surface area contributed by atoms with Gasteiger partial charge in [-0.15, -0.1) is 0 Å². The highest BCUT2D eigenvalue weighted by molar-refractivity contribution is 7.98. The molecule has 12 heavy (non-hydrogen) atoms. The van der Waals surface area contributed by atoms with E-state index in [1.54, 1.807) is 0 Å². The Bertz CT molecular complexity index is 224. The van der Waals surface area contributed by atoms with Gasteiger partial charge in [0.25, 0.3) is 0 Å². The number of aromatic nitrogens is 2. The number of thioether (sulfide) groups is 1. The van der Waals surface area contributed by atoms with Crippen LogP contribution in [0.1, 0.15) is 12.7 Å². The van der Waals surface area contributed by atoms with Gasteiger partial charge in [0.15, 0.2) is 0 Å². The van der Waals surface area contributed by atoms with Gasteiger partial charge in [-0.2, -0.15) is 16.1 Å². The number of nitrogens with one attached hydrogen (secondary N) is 1. The zero-order valence-electron chi connectivity index (χ0n) is 7.33. The van der Waals surface area contributed by atoms with Crippen molar-refractivity contribution in [1.29, 1.82) is 0 Å². The van der Waals surface area contributed by atoms with Crippen molar-refractivity contribution in [3.63, 3.8) is 0 Å². The van der Waals surface area contributed by atoms with Gasteiger partial charge in [-0.3, -0.25) is 0 Å². The molecule has 0 aliphatic heterocycles. The molecule has 5 heteroatoms. The minimum Gasteiger partial charge on any atom is -0.359 e. The fraction of sp³-hybridized carbons (Fsp3) is 0.714. The molecule has 0 radical (unpaired) electrons. The van der Waals surface area contributed by atoms with Crippen LogP contribution in [-0.4, -0.2) is 27.9 Å². The SMILES string of the molecule is CCc1nsc(NCCSC)n1. The van der Waals surface area contributed by atoms with Crippen molar-refractivity contribution in [3.8, 4) is 0 Å². The Labute approximate surface area is 81.1 Å². The van der Waals surface area contributed by atoms with Crippen LogP contribution in [0.3, 0.4) is 0 Å². The average Bonchev–Trinajstić information content (AvgIpc) is 2.53. The molecule has 1 aromatic heterocycles. The van der Waals surface area contributed by atoms with E-state index in [1.165, 1.54) is 11.5 Å². The van der Waals surface area contributed by atoms with Crippen LogP contribution in [0.2, 0.25) is 0 Å². The number of hydrogen-bond acceptors (Lipinski definition) is 5. The summed E-state index contributed by atoms with van der Waals surface area (Å²) in [6, 6.07) is 0. The Morgan fingerprint density at radius 3 is 3.00 bits per heavy atom. The van der Waals surface area contributed by atoms with Crippen LogP contribution in [0.25, 0.3) is 0 Å². The van der Waals surface area contributed by atoms with Gasteiger partial charge in [-0.1, -0.05) is 6.92 Å². The first-order valence-electron chi connectivity index (χ1n) is 3.92. The van der Waals surface area contributed by atoms with Gasteiger partial charge >= 0.3 is 0 Å². The summed E-state index contributed by atoms with van der Waals surface area (Å²) in [4.78, 5) is 4.29. The molecule has 0 fully saturated rings. The molecule has 1 aromatic rings. The number of rotatable bonds is 5. The maximum atomic E-state index is 4.29. The highest BCUT2D eigenvalue weighted by atomic mass is 32.2. The standard InChI is InChI=1S/C7H13N3S2/c1-3-6-9-7(12-10-6)8-4-5-11-2/h3-5H2,1-2H3,(H,8,9,10). The van der Waals surface area contributed by atoms with Crippen molar-refractivity contribution in [3.05, 3.63) is 5.82 Å². The third-order valence-corrected chi connectivity index (χ3v) is 2.69. The Balaban J connectivity index is 2.31. The van der Waals surface area contributed by atoms with Crippen molar-refractivity contribution >= 4 is 28.4 Å². The topological polar surface area (TPSA) is 37.8 Å². The lowest BCUT2D eigenvalue weighted by molar-refractivity contribution is 0.996. The molecule has 0 aliphatic carbocycles. The fourth-order valence-electron chi connectivity index (χ4n) is 0.729. The average molecular weight is 203 g/mol. The molecular formula is C7H13N3S2. The first-order chi connectivity index (χ1) is 5.86.